The van der Waals surface area contributed by atoms with E-state index in [2.05, 4.69) is 87.7 Å². The Bertz CT molecular complexity index is 1030. The molecule has 2 aromatic carbocycles. The standard InChI is InChI=1S/C25H27NO/c1-16-7-10-19(11-8-16)22-13-20-23(14-25(4,5)15-24(20)27)26(22)21-12-17(2)6-9-18(21)3/h6-13H,14-15H2,1-5H3. The van der Waals surface area contributed by atoms with Crippen molar-refractivity contribution >= 4 is 5.78 Å². The van der Waals surface area contributed by atoms with Crippen LogP contribution in [0, 0.1) is 26.2 Å². The molecule has 138 valence electrons. The summed E-state index contributed by atoms with van der Waals surface area (Å²) in [6, 6.07) is 17.3. The van der Waals surface area contributed by atoms with Gasteiger partial charge in [0.1, 0.15) is 0 Å². The molecule has 0 amide bonds. The minimum absolute atomic E-state index is 0.0114. The van der Waals surface area contributed by atoms with Crippen molar-refractivity contribution in [3.05, 3.63) is 76.5 Å². The van der Waals surface area contributed by atoms with Crippen molar-refractivity contribution in [2.45, 2.75) is 47.5 Å². The predicted molar refractivity (Wildman–Crippen MR) is 112 cm³/mol. The van der Waals surface area contributed by atoms with Crippen LogP contribution in [0.2, 0.25) is 0 Å². The molecular formula is C25H27NO. The molecular weight excluding hydrogens is 330 g/mol. The molecule has 0 aliphatic heterocycles. The monoisotopic (exact) mass is 357 g/mol. The minimum Gasteiger partial charge on any atom is -0.313 e. The molecule has 0 atom stereocenters. The van der Waals surface area contributed by atoms with E-state index in [4.69, 9.17) is 0 Å². The van der Waals surface area contributed by atoms with Gasteiger partial charge in [0.25, 0.3) is 0 Å². The molecule has 3 aromatic rings. The highest BCUT2D eigenvalue weighted by molar-refractivity contribution is 6.00. The fraction of sp³-hybridized carbons (Fsp3) is 0.320. The molecule has 2 heteroatoms. The number of hydrogen-bond donors (Lipinski definition) is 0. The lowest BCUT2D eigenvalue weighted by Crippen LogP contribution is -2.28. The molecule has 4 rings (SSSR count). The quantitative estimate of drug-likeness (QED) is 0.533. The molecule has 0 saturated carbocycles. The van der Waals surface area contributed by atoms with Gasteiger partial charge in [-0.25, -0.2) is 0 Å². The highest BCUT2D eigenvalue weighted by atomic mass is 16.1. The molecule has 1 heterocycles. The summed E-state index contributed by atoms with van der Waals surface area (Å²) in [5.41, 5.74) is 9.18. The summed E-state index contributed by atoms with van der Waals surface area (Å²) in [5.74, 6) is 0.263. The Morgan fingerprint density at radius 1 is 0.852 bits per heavy atom. The number of hydrogen-bond acceptors (Lipinski definition) is 1. The Labute approximate surface area is 161 Å². The molecule has 0 saturated heterocycles. The number of Topliss-reactive ketones (excluding diaryl/α,β-unsaturated/α-hetero) is 1. The summed E-state index contributed by atoms with van der Waals surface area (Å²) < 4.78 is 2.33. The largest absolute Gasteiger partial charge is 0.313 e. The molecule has 0 spiro atoms. The lowest BCUT2D eigenvalue weighted by atomic mass is 9.76. The zero-order chi connectivity index (χ0) is 19.3. The van der Waals surface area contributed by atoms with Crippen LogP contribution in [0.3, 0.4) is 0 Å². The van der Waals surface area contributed by atoms with Crippen LogP contribution >= 0.6 is 0 Å². The number of carbonyl (C=O) groups excluding carboxylic acids is 1. The second-order valence-electron chi connectivity index (χ2n) is 8.82. The average molecular weight is 357 g/mol. The molecule has 2 nitrogen and oxygen atoms in total. The first-order valence-electron chi connectivity index (χ1n) is 9.68. The van der Waals surface area contributed by atoms with E-state index in [0.717, 1.165) is 28.9 Å². The van der Waals surface area contributed by atoms with Crippen LogP contribution < -0.4 is 0 Å². The number of ketones is 1. The van der Waals surface area contributed by atoms with Crippen LogP contribution in [0.4, 0.5) is 0 Å². The Morgan fingerprint density at radius 2 is 1.52 bits per heavy atom. The normalized spacial score (nSPS) is 15.7. The summed E-state index contributed by atoms with van der Waals surface area (Å²) in [6.07, 6.45) is 1.53. The smallest absolute Gasteiger partial charge is 0.165 e. The molecule has 0 unspecified atom stereocenters. The third-order valence-corrected chi connectivity index (χ3v) is 5.64. The van der Waals surface area contributed by atoms with Gasteiger partial charge in [-0.15, -0.1) is 0 Å². The van der Waals surface area contributed by atoms with Crippen LogP contribution in [0.25, 0.3) is 16.9 Å². The van der Waals surface area contributed by atoms with Gasteiger partial charge < -0.3 is 4.57 Å². The van der Waals surface area contributed by atoms with E-state index < -0.39 is 0 Å². The van der Waals surface area contributed by atoms with Gasteiger partial charge in [-0.2, -0.15) is 0 Å². The SMILES string of the molecule is Cc1ccc(-c2cc3c(n2-c2cc(C)ccc2C)CC(C)(C)CC3=O)cc1. The maximum atomic E-state index is 12.9. The number of benzene rings is 2. The minimum atomic E-state index is -0.0114. The van der Waals surface area contributed by atoms with Crippen molar-refractivity contribution in [2.75, 3.05) is 0 Å². The van der Waals surface area contributed by atoms with Crippen molar-refractivity contribution in [1.82, 2.24) is 4.57 Å². The fourth-order valence-corrected chi connectivity index (χ4v) is 4.18. The number of fused-ring (bicyclic) bond motifs is 1. The zero-order valence-electron chi connectivity index (χ0n) is 16.9. The summed E-state index contributed by atoms with van der Waals surface area (Å²) in [5, 5.41) is 0. The predicted octanol–water partition coefficient (Wildman–Crippen LogP) is 6.22. The van der Waals surface area contributed by atoms with Crippen LogP contribution in [-0.4, -0.2) is 10.4 Å². The summed E-state index contributed by atoms with van der Waals surface area (Å²) >= 11 is 0. The first-order chi connectivity index (χ1) is 12.7. The van der Waals surface area contributed by atoms with Gasteiger partial charge in [-0.3, -0.25) is 4.79 Å². The highest BCUT2D eigenvalue weighted by Gasteiger charge is 2.35. The van der Waals surface area contributed by atoms with Crippen LogP contribution in [0.5, 0.6) is 0 Å². The van der Waals surface area contributed by atoms with Crippen molar-refractivity contribution in [1.29, 1.82) is 0 Å². The van der Waals surface area contributed by atoms with Crippen molar-refractivity contribution in [2.24, 2.45) is 5.41 Å². The summed E-state index contributed by atoms with van der Waals surface area (Å²) in [7, 11) is 0. The van der Waals surface area contributed by atoms with Gasteiger partial charge in [-0.05, 0) is 61.4 Å². The third-order valence-electron chi connectivity index (χ3n) is 5.64. The maximum absolute atomic E-state index is 12.9. The van der Waals surface area contributed by atoms with E-state index in [1.54, 1.807) is 0 Å². The Hall–Kier alpha value is -2.61. The fourth-order valence-electron chi connectivity index (χ4n) is 4.18. The van der Waals surface area contributed by atoms with E-state index in [-0.39, 0.29) is 11.2 Å². The van der Waals surface area contributed by atoms with Gasteiger partial charge in [0.05, 0.1) is 5.69 Å². The van der Waals surface area contributed by atoms with Gasteiger partial charge in [0.2, 0.25) is 0 Å². The average Bonchev–Trinajstić information content (AvgIpc) is 2.96. The topological polar surface area (TPSA) is 22.0 Å². The molecule has 1 aromatic heterocycles. The van der Waals surface area contributed by atoms with Gasteiger partial charge in [0.15, 0.2) is 5.78 Å². The Morgan fingerprint density at radius 3 is 2.22 bits per heavy atom. The van der Waals surface area contributed by atoms with Crippen molar-refractivity contribution in [3.63, 3.8) is 0 Å². The number of nitrogens with zero attached hydrogens (tertiary/aromatic N) is 1. The van der Waals surface area contributed by atoms with Crippen LogP contribution in [-0.2, 0) is 6.42 Å². The van der Waals surface area contributed by atoms with Crippen LogP contribution in [0.15, 0.2) is 48.5 Å². The maximum Gasteiger partial charge on any atom is 0.165 e. The van der Waals surface area contributed by atoms with Crippen molar-refractivity contribution < 1.29 is 4.79 Å². The molecule has 1 aliphatic carbocycles. The van der Waals surface area contributed by atoms with Gasteiger partial charge >= 0.3 is 0 Å². The number of aromatic nitrogens is 1. The molecule has 0 radical (unpaired) electrons. The van der Waals surface area contributed by atoms with E-state index in [1.807, 2.05) is 0 Å². The number of rotatable bonds is 2. The molecule has 1 aliphatic rings. The molecule has 27 heavy (non-hydrogen) atoms. The zero-order valence-corrected chi connectivity index (χ0v) is 16.9. The third kappa shape index (κ3) is 3.14. The van der Waals surface area contributed by atoms with E-state index >= 15 is 0 Å². The first-order valence-corrected chi connectivity index (χ1v) is 9.68. The number of carbonyl (C=O) groups is 1. The van der Waals surface area contributed by atoms with Gasteiger partial charge in [0, 0.05) is 23.4 Å². The highest BCUT2D eigenvalue weighted by Crippen LogP contribution is 2.40. The second kappa shape index (κ2) is 6.23. The van der Waals surface area contributed by atoms with E-state index in [1.165, 1.54) is 22.4 Å². The van der Waals surface area contributed by atoms with E-state index in [9.17, 15) is 4.79 Å². The lowest BCUT2D eigenvalue weighted by Gasteiger charge is -2.30. The van der Waals surface area contributed by atoms with Crippen LogP contribution in [0.1, 0.15) is 53.0 Å². The lowest BCUT2D eigenvalue weighted by molar-refractivity contribution is 0.0911. The van der Waals surface area contributed by atoms with Gasteiger partial charge in [-0.1, -0.05) is 55.8 Å². The number of aryl methyl sites for hydroxylation is 3. The molecule has 0 N–H and O–H groups in total. The van der Waals surface area contributed by atoms with Crippen molar-refractivity contribution in [3.8, 4) is 16.9 Å². The molecule has 0 bridgehead atoms. The first kappa shape index (κ1) is 17.8. The Kier molecular flexibility index (Phi) is 4.10. The second-order valence-corrected chi connectivity index (χ2v) is 8.82. The molecule has 0 fully saturated rings. The summed E-state index contributed by atoms with van der Waals surface area (Å²) in [6.45, 7) is 10.8. The Balaban J connectivity index is 2.04. The summed E-state index contributed by atoms with van der Waals surface area (Å²) in [4.78, 5) is 12.9. The van der Waals surface area contributed by atoms with E-state index in [0.29, 0.717) is 6.42 Å².